The van der Waals surface area contributed by atoms with Crippen LogP contribution in [-0.2, 0) is 17.8 Å². The Hall–Kier alpha value is -3.36. The minimum atomic E-state index is -0.201. The summed E-state index contributed by atoms with van der Waals surface area (Å²) in [4.78, 5) is 16.8. The molecule has 0 aliphatic heterocycles. The van der Waals surface area contributed by atoms with E-state index in [0.29, 0.717) is 40.5 Å². The van der Waals surface area contributed by atoms with Crippen molar-refractivity contribution >= 4 is 34.9 Å². The Morgan fingerprint density at radius 2 is 1.97 bits per heavy atom. The number of aromatic nitrogens is 4. The molecule has 2 heterocycles. The summed E-state index contributed by atoms with van der Waals surface area (Å²) in [6.07, 6.45) is 2.09. The number of ether oxygens (including phenoxy) is 1. The Balaban J connectivity index is 1.35. The minimum absolute atomic E-state index is 0.174. The number of carbonyl (C=O) groups excluding carboxylic acids is 1. The number of halogens is 2. The number of aryl methyl sites for hydroxylation is 1. The number of benzene rings is 2. The maximum atomic E-state index is 12.5. The normalized spacial score (nSPS) is 10.8. The summed E-state index contributed by atoms with van der Waals surface area (Å²) in [6.45, 7) is 0.372. The number of hydrogen-bond donors (Lipinski definition) is 1. The van der Waals surface area contributed by atoms with Crippen molar-refractivity contribution in [3.8, 4) is 17.1 Å². The third-order valence-electron chi connectivity index (χ3n) is 4.72. The number of nitrogens with zero attached hydrogens (tertiary/aromatic N) is 4. The second kappa shape index (κ2) is 9.84. The van der Waals surface area contributed by atoms with Gasteiger partial charge in [-0.3, -0.25) is 4.79 Å². The number of nitrogens with one attached hydrogen (secondary N) is 1. The Bertz CT molecular complexity index is 1220. The fourth-order valence-corrected chi connectivity index (χ4v) is 3.42. The largest absolute Gasteiger partial charge is 0.497 e. The second-order valence-electron chi connectivity index (χ2n) is 6.88. The average Bonchev–Trinajstić information content (AvgIpc) is 3.45. The topological polar surface area (TPSA) is 95.1 Å². The van der Waals surface area contributed by atoms with Gasteiger partial charge in [-0.1, -0.05) is 40.5 Å². The molecule has 0 fully saturated rings. The zero-order valence-corrected chi connectivity index (χ0v) is 18.6. The predicted molar refractivity (Wildman–Crippen MR) is 121 cm³/mol. The molecule has 4 aromatic rings. The van der Waals surface area contributed by atoms with Crippen LogP contribution in [0.2, 0.25) is 10.0 Å². The van der Waals surface area contributed by atoms with Crippen molar-refractivity contribution in [2.24, 2.45) is 0 Å². The monoisotopic (exact) mass is 471 g/mol. The van der Waals surface area contributed by atoms with Gasteiger partial charge < -0.3 is 14.6 Å². The van der Waals surface area contributed by atoms with Gasteiger partial charge in [0.15, 0.2) is 0 Å². The molecule has 0 atom stereocenters. The van der Waals surface area contributed by atoms with Crippen molar-refractivity contribution in [1.29, 1.82) is 0 Å². The summed E-state index contributed by atoms with van der Waals surface area (Å²) in [7, 11) is 1.60. The highest BCUT2D eigenvalue weighted by Crippen LogP contribution is 2.26. The van der Waals surface area contributed by atoms with Gasteiger partial charge in [0.1, 0.15) is 11.6 Å². The summed E-state index contributed by atoms with van der Waals surface area (Å²) in [5, 5.41) is 12.0. The van der Waals surface area contributed by atoms with Gasteiger partial charge in [-0.25, -0.2) is 4.68 Å². The quantitative estimate of drug-likeness (QED) is 0.393. The van der Waals surface area contributed by atoms with Crippen molar-refractivity contribution in [3.63, 3.8) is 0 Å². The van der Waals surface area contributed by atoms with Crippen LogP contribution in [0.3, 0.4) is 0 Å². The molecular weight excluding hydrogens is 453 g/mol. The van der Waals surface area contributed by atoms with Gasteiger partial charge in [0.2, 0.25) is 17.6 Å². The highest BCUT2D eigenvalue weighted by atomic mass is 35.5. The Morgan fingerprint density at radius 1 is 1.16 bits per heavy atom. The van der Waals surface area contributed by atoms with E-state index in [1.165, 1.54) is 0 Å². The first-order valence-corrected chi connectivity index (χ1v) is 10.5. The molecule has 0 unspecified atom stereocenters. The molecule has 2 aromatic carbocycles. The van der Waals surface area contributed by atoms with Crippen LogP contribution in [0.1, 0.15) is 17.9 Å². The molecule has 164 valence electrons. The molecule has 10 heteroatoms. The zero-order valence-electron chi connectivity index (χ0n) is 17.1. The van der Waals surface area contributed by atoms with Crippen molar-refractivity contribution in [1.82, 2.24) is 19.9 Å². The predicted octanol–water partition coefficient (Wildman–Crippen LogP) is 4.87. The summed E-state index contributed by atoms with van der Waals surface area (Å²) in [6, 6.07) is 14.4. The lowest BCUT2D eigenvalue weighted by Gasteiger charge is -2.10. The summed E-state index contributed by atoms with van der Waals surface area (Å²) in [5.74, 6) is 1.93. The number of rotatable bonds is 8. The first-order valence-electron chi connectivity index (χ1n) is 9.75. The summed E-state index contributed by atoms with van der Waals surface area (Å²) >= 11 is 12.3. The van der Waals surface area contributed by atoms with Crippen LogP contribution in [0.25, 0.3) is 11.4 Å². The number of amides is 1. The number of methoxy groups -OCH3 is 1. The summed E-state index contributed by atoms with van der Waals surface area (Å²) in [5.41, 5.74) is 1.60. The van der Waals surface area contributed by atoms with Gasteiger partial charge in [-0.15, -0.1) is 0 Å². The van der Waals surface area contributed by atoms with Crippen LogP contribution in [-0.4, -0.2) is 32.9 Å². The SMILES string of the molecule is COc1ccc(-c2noc(CCC(=O)Nc3ccnn3Cc3cccc(Cl)c3Cl)n2)cc1. The molecule has 32 heavy (non-hydrogen) atoms. The molecule has 4 rings (SSSR count). The average molecular weight is 472 g/mol. The highest BCUT2D eigenvalue weighted by molar-refractivity contribution is 6.42. The van der Waals surface area contributed by atoms with Crippen LogP contribution >= 0.6 is 23.2 Å². The van der Waals surface area contributed by atoms with Crippen molar-refractivity contribution < 1.29 is 14.1 Å². The summed E-state index contributed by atoms with van der Waals surface area (Å²) < 4.78 is 12.1. The Kier molecular flexibility index (Phi) is 6.72. The maximum Gasteiger partial charge on any atom is 0.227 e. The van der Waals surface area contributed by atoms with E-state index in [4.69, 9.17) is 32.5 Å². The Labute approximate surface area is 194 Å². The lowest BCUT2D eigenvalue weighted by molar-refractivity contribution is -0.116. The molecule has 0 saturated carbocycles. The maximum absolute atomic E-state index is 12.5. The molecular formula is C22H19Cl2N5O3. The fourth-order valence-electron chi connectivity index (χ4n) is 3.04. The van der Waals surface area contributed by atoms with Crippen molar-refractivity contribution in [3.05, 3.63) is 76.2 Å². The van der Waals surface area contributed by atoms with Crippen LogP contribution in [0, 0.1) is 0 Å². The van der Waals surface area contributed by atoms with Gasteiger partial charge in [-0.2, -0.15) is 10.1 Å². The van der Waals surface area contributed by atoms with E-state index in [1.807, 2.05) is 36.4 Å². The third kappa shape index (κ3) is 5.09. The molecule has 0 saturated heterocycles. The van der Waals surface area contributed by atoms with Crippen LogP contribution in [0.15, 0.2) is 59.3 Å². The first kappa shape index (κ1) is 21.9. The van der Waals surface area contributed by atoms with E-state index >= 15 is 0 Å². The molecule has 0 aliphatic rings. The van der Waals surface area contributed by atoms with Gasteiger partial charge in [-0.05, 0) is 35.9 Å². The number of anilines is 1. The standard InChI is InChI=1S/C22H19Cl2N5O3/c1-31-16-7-5-14(6-8-16)22-27-20(32-28-22)10-9-19(30)26-18-11-12-25-29(18)13-15-3-2-4-17(23)21(15)24/h2-8,11-12H,9-10,13H2,1H3,(H,26,30). The minimum Gasteiger partial charge on any atom is -0.497 e. The molecule has 2 aromatic heterocycles. The highest BCUT2D eigenvalue weighted by Gasteiger charge is 2.13. The lowest BCUT2D eigenvalue weighted by atomic mass is 10.2. The molecule has 1 N–H and O–H groups in total. The smallest absolute Gasteiger partial charge is 0.227 e. The number of carbonyl (C=O) groups is 1. The van der Waals surface area contributed by atoms with Gasteiger partial charge in [0.05, 0.1) is 29.9 Å². The molecule has 1 amide bonds. The van der Waals surface area contributed by atoms with Crippen LogP contribution < -0.4 is 10.1 Å². The molecule has 0 spiro atoms. The van der Waals surface area contributed by atoms with E-state index < -0.39 is 0 Å². The van der Waals surface area contributed by atoms with Crippen molar-refractivity contribution in [2.75, 3.05) is 12.4 Å². The van der Waals surface area contributed by atoms with E-state index in [1.54, 1.807) is 30.1 Å². The fraction of sp³-hybridized carbons (Fsp3) is 0.182. The van der Waals surface area contributed by atoms with Gasteiger partial charge in [0, 0.05) is 24.5 Å². The first-order chi connectivity index (χ1) is 15.5. The molecule has 0 radical (unpaired) electrons. The third-order valence-corrected chi connectivity index (χ3v) is 5.58. The zero-order chi connectivity index (χ0) is 22.5. The van der Waals surface area contributed by atoms with E-state index in [2.05, 4.69) is 20.6 Å². The molecule has 8 nitrogen and oxygen atoms in total. The second-order valence-corrected chi connectivity index (χ2v) is 7.66. The Morgan fingerprint density at radius 3 is 2.75 bits per heavy atom. The van der Waals surface area contributed by atoms with Gasteiger partial charge >= 0.3 is 0 Å². The number of hydrogen-bond acceptors (Lipinski definition) is 6. The van der Waals surface area contributed by atoms with Crippen LogP contribution in [0.5, 0.6) is 5.75 Å². The van der Waals surface area contributed by atoms with Crippen molar-refractivity contribution in [2.45, 2.75) is 19.4 Å². The van der Waals surface area contributed by atoms with Gasteiger partial charge in [0.25, 0.3) is 0 Å². The van der Waals surface area contributed by atoms with E-state index in [-0.39, 0.29) is 12.3 Å². The van der Waals surface area contributed by atoms with E-state index in [9.17, 15) is 4.79 Å². The molecule has 0 bridgehead atoms. The van der Waals surface area contributed by atoms with Crippen LogP contribution in [0.4, 0.5) is 5.82 Å². The lowest BCUT2D eigenvalue weighted by Crippen LogP contribution is -2.16. The molecule has 0 aliphatic carbocycles. The van der Waals surface area contributed by atoms with E-state index in [0.717, 1.165) is 16.9 Å².